The molecule has 4 nitrogen and oxygen atoms in total. The molecule has 1 aromatic rings. The Bertz CT molecular complexity index is 477. The zero-order valence-corrected chi connectivity index (χ0v) is 14.6. The first-order valence-electron chi connectivity index (χ1n) is 8.88. The van der Waals surface area contributed by atoms with E-state index < -0.39 is 0 Å². The van der Waals surface area contributed by atoms with Crippen LogP contribution in [0.2, 0.25) is 0 Å². The Morgan fingerprint density at radius 1 is 1.04 bits per heavy atom. The van der Waals surface area contributed by atoms with E-state index in [9.17, 15) is 4.79 Å². The fourth-order valence-electron chi connectivity index (χ4n) is 3.00. The zero-order valence-electron chi connectivity index (χ0n) is 14.6. The van der Waals surface area contributed by atoms with Crippen molar-refractivity contribution >= 4 is 6.03 Å². The molecule has 23 heavy (non-hydrogen) atoms. The smallest absolute Gasteiger partial charge is 0.317 e. The van der Waals surface area contributed by atoms with Gasteiger partial charge in [0.2, 0.25) is 0 Å². The lowest BCUT2D eigenvalue weighted by Gasteiger charge is -2.20. The van der Waals surface area contributed by atoms with E-state index in [2.05, 4.69) is 36.6 Å². The second-order valence-electron chi connectivity index (χ2n) is 6.79. The molecule has 0 bridgehead atoms. The van der Waals surface area contributed by atoms with Crippen molar-refractivity contribution in [2.24, 2.45) is 0 Å². The maximum Gasteiger partial charge on any atom is 0.317 e. The van der Waals surface area contributed by atoms with Crippen LogP contribution < -0.4 is 15.4 Å². The van der Waals surface area contributed by atoms with E-state index in [0.29, 0.717) is 12.0 Å². The van der Waals surface area contributed by atoms with E-state index >= 15 is 0 Å². The second kappa shape index (κ2) is 8.80. The Balaban J connectivity index is 1.76. The third-order valence-electron chi connectivity index (χ3n) is 4.38. The van der Waals surface area contributed by atoms with Gasteiger partial charge in [-0.2, -0.15) is 0 Å². The summed E-state index contributed by atoms with van der Waals surface area (Å²) in [5, 5.41) is 5.93. The molecule has 1 aliphatic rings. The maximum absolute atomic E-state index is 12.1. The predicted octanol–water partition coefficient (Wildman–Crippen LogP) is 4.56. The van der Waals surface area contributed by atoms with Gasteiger partial charge in [-0.3, -0.25) is 0 Å². The number of hydrogen-bond donors (Lipinski definition) is 2. The van der Waals surface area contributed by atoms with Gasteiger partial charge in [-0.25, -0.2) is 4.79 Å². The Labute approximate surface area is 140 Å². The van der Waals surface area contributed by atoms with Gasteiger partial charge in [0, 0.05) is 6.04 Å². The summed E-state index contributed by atoms with van der Waals surface area (Å²) >= 11 is 0. The van der Waals surface area contributed by atoms with Gasteiger partial charge < -0.3 is 15.4 Å². The summed E-state index contributed by atoms with van der Waals surface area (Å²) < 4.78 is 5.76. The van der Waals surface area contributed by atoms with Crippen molar-refractivity contribution in [1.29, 1.82) is 0 Å². The number of amides is 2. The molecule has 0 saturated heterocycles. The van der Waals surface area contributed by atoms with Crippen LogP contribution in [-0.4, -0.2) is 18.3 Å². The van der Waals surface area contributed by atoms with Gasteiger partial charge in [-0.15, -0.1) is 0 Å². The molecule has 0 aromatic heterocycles. The number of urea groups is 1. The summed E-state index contributed by atoms with van der Waals surface area (Å²) in [7, 11) is 0. The molecule has 1 fully saturated rings. The number of rotatable bonds is 5. The Morgan fingerprint density at radius 3 is 2.22 bits per heavy atom. The molecule has 128 valence electrons. The van der Waals surface area contributed by atoms with Crippen molar-refractivity contribution in [2.45, 2.75) is 77.5 Å². The Morgan fingerprint density at radius 2 is 1.65 bits per heavy atom. The molecule has 1 atom stereocenters. The maximum atomic E-state index is 12.1. The summed E-state index contributed by atoms with van der Waals surface area (Å²) in [6, 6.07) is 8.21. The quantitative estimate of drug-likeness (QED) is 0.618. The molecule has 0 spiro atoms. The van der Waals surface area contributed by atoms with E-state index in [1.807, 2.05) is 19.1 Å². The topological polar surface area (TPSA) is 50.4 Å². The van der Waals surface area contributed by atoms with E-state index in [0.717, 1.165) is 18.6 Å². The SMILES string of the molecule is CC(NC(=O)NC1CCCCCC1)Oc1ccc(C(C)C)cc1. The number of carbonyl (C=O) groups excluding carboxylic acids is 1. The lowest BCUT2D eigenvalue weighted by atomic mass is 10.0. The van der Waals surface area contributed by atoms with Gasteiger partial charge in [0.05, 0.1) is 0 Å². The molecule has 1 unspecified atom stereocenters. The highest BCUT2D eigenvalue weighted by Gasteiger charge is 2.16. The predicted molar refractivity (Wildman–Crippen MR) is 93.8 cm³/mol. The highest BCUT2D eigenvalue weighted by atomic mass is 16.5. The van der Waals surface area contributed by atoms with Crippen molar-refractivity contribution in [2.75, 3.05) is 0 Å². The van der Waals surface area contributed by atoms with Crippen molar-refractivity contribution in [1.82, 2.24) is 10.6 Å². The lowest BCUT2D eigenvalue weighted by Crippen LogP contribution is -2.47. The number of hydrogen-bond acceptors (Lipinski definition) is 2. The van der Waals surface area contributed by atoms with Crippen LogP contribution >= 0.6 is 0 Å². The summed E-state index contributed by atoms with van der Waals surface area (Å²) in [6.45, 7) is 6.18. The first-order valence-corrected chi connectivity index (χ1v) is 8.88. The van der Waals surface area contributed by atoms with Crippen LogP contribution in [0.15, 0.2) is 24.3 Å². The lowest BCUT2D eigenvalue weighted by molar-refractivity contribution is 0.174. The fraction of sp³-hybridized carbons (Fsp3) is 0.632. The fourth-order valence-corrected chi connectivity index (χ4v) is 3.00. The Hall–Kier alpha value is -1.71. The van der Waals surface area contributed by atoms with Crippen molar-refractivity contribution in [3.63, 3.8) is 0 Å². The van der Waals surface area contributed by atoms with Gasteiger partial charge in [0.1, 0.15) is 5.75 Å². The van der Waals surface area contributed by atoms with E-state index in [4.69, 9.17) is 4.74 Å². The average Bonchev–Trinajstić information content (AvgIpc) is 2.76. The van der Waals surface area contributed by atoms with E-state index in [1.165, 1.54) is 31.2 Å². The van der Waals surface area contributed by atoms with E-state index in [1.54, 1.807) is 0 Å². The van der Waals surface area contributed by atoms with E-state index in [-0.39, 0.29) is 12.3 Å². The number of ether oxygens (including phenoxy) is 1. The molecule has 0 radical (unpaired) electrons. The van der Waals surface area contributed by atoms with Crippen LogP contribution in [0, 0.1) is 0 Å². The third kappa shape index (κ3) is 6.12. The number of nitrogens with one attached hydrogen (secondary N) is 2. The van der Waals surface area contributed by atoms with Crippen molar-refractivity contribution in [3.8, 4) is 5.75 Å². The molecule has 0 aliphatic heterocycles. The molecule has 2 rings (SSSR count). The largest absolute Gasteiger partial charge is 0.471 e. The van der Waals surface area contributed by atoms with Crippen LogP contribution in [-0.2, 0) is 0 Å². The van der Waals surface area contributed by atoms with Gasteiger partial charge in [0.15, 0.2) is 6.23 Å². The highest BCUT2D eigenvalue weighted by Crippen LogP contribution is 2.19. The molecule has 4 heteroatoms. The van der Waals surface area contributed by atoms with Crippen molar-refractivity contribution < 1.29 is 9.53 Å². The third-order valence-corrected chi connectivity index (χ3v) is 4.38. The first kappa shape index (κ1) is 17.6. The number of benzene rings is 1. The first-order chi connectivity index (χ1) is 11.0. The monoisotopic (exact) mass is 318 g/mol. The molecule has 1 aliphatic carbocycles. The van der Waals surface area contributed by atoms with Crippen LogP contribution in [0.25, 0.3) is 0 Å². The number of carbonyl (C=O) groups is 1. The standard InChI is InChI=1S/C19H30N2O2/c1-14(2)16-10-12-18(13-11-16)23-15(3)20-19(22)21-17-8-6-4-5-7-9-17/h10-15,17H,4-9H2,1-3H3,(H2,20,21,22). The van der Waals surface area contributed by atoms with Gasteiger partial charge in [-0.1, -0.05) is 51.7 Å². The summed E-state index contributed by atoms with van der Waals surface area (Å²) in [5.41, 5.74) is 1.28. The van der Waals surface area contributed by atoms with Crippen LogP contribution in [0.5, 0.6) is 5.75 Å². The minimum absolute atomic E-state index is 0.136. The highest BCUT2D eigenvalue weighted by molar-refractivity contribution is 5.74. The summed E-state index contributed by atoms with van der Waals surface area (Å²) in [5.74, 6) is 1.28. The van der Waals surface area contributed by atoms with Crippen molar-refractivity contribution in [3.05, 3.63) is 29.8 Å². The van der Waals surface area contributed by atoms with Crippen LogP contribution in [0.3, 0.4) is 0 Å². The Kier molecular flexibility index (Phi) is 6.75. The van der Waals surface area contributed by atoms with Crippen LogP contribution in [0.4, 0.5) is 4.79 Å². The van der Waals surface area contributed by atoms with Crippen LogP contribution in [0.1, 0.15) is 70.8 Å². The summed E-state index contributed by atoms with van der Waals surface area (Å²) in [6.07, 6.45) is 6.79. The molecule has 0 heterocycles. The normalized spacial score (nSPS) is 17.4. The molecular formula is C19H30N2O2. The minimum Gasteiger partial charge on any atom is -0.471 e. The van der Waals surface area contributed by atoms with Gasteiger partial charge >= 0.3 is 6.03 Å². The second-order valence-corrected chi connectivity index (χ2v) is 6.79. The molecule has 1 saturated carbocycles. The summed E-state index contributed by atoms with van der Waals surface area (Å²) in [4.78, 5) is 12.1. The minimum atomic E-state index is -0.356. The molecule has 2 amide bonds. The average molecular weight is 318 g/mol. The van der Waals surface area contributed by atoms with Gasteiger partial charge in [0.25, 0.3) is 0 Å². The molecule has 2 N–H and O–H groups in total. The molecular weight excluding hydrogens is 288 g/mol. The van der Waals surface area contributed by atoms with Gasteiger partial charge in [-0.05, 0) is 43.4 Å². The molecule has 1 aromatic carbocycles. The zero-order chi connectivity index (χ0) is 16.7.